The highest BCUT2D eigenvalue weighted by molar-refractivity contribution is 5.68. The molecule has 0 saturated heterocycles. The van der Waals surface area contributed by atoms with Gasteiger partial charge in [0.1, 0.15) is 17.2 Å². The number of hydrogen-bond donors (Lipinski definition) is 2. The number of nitrogens with one attached hydrogen (secondary N) is 1. The van der Waals surface area contributed by atoms with Crippen LogP contribution in [0, 0.1) is 0 Å². The molecular weight excluding hydrogens is 308 g/mol. The number of nitrogens with zero attached hydrogens (tertiary/aromatic N) is 3. The summed E-state index contributed by atoms with van der Waals surface area (Å²) in [5, 5.41) is 20.9. The molecule has 0 unspecified atom stereocenters. The van der Waals surface area contributed by atoms with E-state index in [0.29, 0.717) is 5.65 Å². The Hall–Kier alpha value is -2.31. The summed E-state index contributed by atoms with van der Waals surface area (Å²) in [6.07, 6.45) is 5.18. The second kappa shape index (κ2) is 6.30. The first-order valence-electron chi connectivity index (χ1n) is 8.35. The Morgan fingerprint density at radius 3 is 2.92 bits per heavy atom. The van der Waals surface area contributed by atoms with E-state index in [9.17, 15) is 9.90 Å². The Bertz CT molecular complexity index is 735. The molecule has 1 saturated carbocycles. The molecule has 24 heavy (non-hydrogen) atoms. The second-order valence-electron chi connectivity index (χ2n) is 7.38. The van der Waals surface area contributed by atoms with Gasteiger partial charge in [0.15, 0.2) is 5.65 Å². The van der Waals surface area contributed by atoms with Crippen molar-refractivity contribution in [2.45, 2.75) is 64.0 Å². The van der Waals surface area contributed by atoms with Crippen LogP contribution < -0.4 is 5.32 Å². The van der Waals surface area contributed by atoms with Crippen molar-refractivity contribution in [2.24, 2.45) is 0 Å². The lowest BCUT2D eigenvalue weighted by Gasteiger charge is -2.29. The van der Waals surface area contributed by atoms with Crippen molar-refractivity contribution in [1.82, 2.24) is 19.9 Å². The number of carbonyl (C=O) groups excluding carboxylic acids is 1. The highest BCUT2D eigenvalue weighted by Crippen LogP contribution is 2.32. The summed E-state index contributed by atoms with van der Waals surface area (Å²) in [6.45, 7) is 5.57. The Labute approximate surface area is 141 Å². The van der Waals surface area contributed by atoms with Crippen LogP contribution >= 0.6 is 0 Å². The zero-order valence-electron chi connectivity index (χ0n) is 14.3. The SMILES string of the molecule is CC(C)(C)OC(=O)N[C@@H]1CCC[C@H](c2nnc3cc(O)ccn23)C1. The number of fused-ring (bicyclic) bond motifs is 1. The third kappa shape index (κ3) is 3.77. The highest BCUT2D eigenvalue weighted by atomic mass is 16.6. The number of alkyl carbamates (subject to hydrolysis) is 1. The Morgan fingerprint density at radius 1 is 1.38 bits per heavy atom. The minimum absolute atomic E-state index is 0.0723. The van der Waals surface area contributed by atoms with Crippen molar-refractivity contribution in [3.05, 3.63) is 24.2 Å². The summed E-state index contributed by atoms with van der Waals surface area (Å²) in [4.78, 5) is 12.0. The largest absolute Gasteiger partial charge is 0.508 e. The fourth-order valence-corrected chi connectivity index (χ4v) is 3.21. The molecule has 0 bridgehead atoms. The maximum Gasteiger partial charge on any atom is 0.407 e. The first-order valence-corrected chi connectivity index (χ1v) is 8.35. The van der Waals surface area contributed by atoms with E-state index >= 15 is 0 Å². The molecular formula is C17H24N4O3. The van der Waals surface area contributed by atoms with Gasteiger partial charge in [-0.1, -0.05) is 6.42 Å². The van der Waals surface area contributed by atoms with Gasteiger partial charge in [-0.3, -0.25) is 4.40 Å². The van der Waals surface area contributed by atoms with Gasteiger partial charge in [0.25, 0.3) is 0 Å². The Kier molecular flexibility index (Phi) is 4.34. The van der Waals surface area contributed by atoms with Crippen LogP contribution in [0.2, 0.25) is 0 Å². The van der Waals surface area contributed by atoms with Gasteiger partial charge in [-0.2, -0.15) is 0 Å². The fourth-order valence-electron chi connectivity index (χ4n) is 3.21. The van der Waals surface area contributed by atoms with Crippen molar-refractivity contribution < 1.29 is 14.6 Å². The molecule has 1 fully saturated rings. The van der Waals surface area contributed by atoms with Gasteiger partial charge in [-0.15, -0.1) is 10.2 Å². The van der Waals surface area contributed by atoms with E-state index in [1.165, 1.54) is 0 Å². The number of rotatable bonds is 2. The lowest BCUT2D eigenvalue weighted by Crippen LogP contribution is -2.41. The topological polar surface area (TPSA) is 88.8 Å². The van der Waals surface area contributed by atoms with E-state index in [4.69, 9.17) is 4.74 Å². The normalized spacial score (nSPS) is 21.6. The van der Waals surface area contributed by atoms with Gasteiger partial charge >= 0.3 is 6.09 Å². The molecule has 2 N–H and O–H groups in total. The van der Waals surface area contributed by atoms with Crippen molar-refractivity contribution in [1.29, 1.82) is 0 Å². The number of amides is 1. The van der Waals surface area contributed by atoms with Crippen molar-refractivity contribution >= 4 is 11.7 Å². The fraction of sp³-hybridized carbons (Fsp3) is 0.588. The average molecular weight is 332 g/mol. The molecule has 1 aliphatic rings. The molecule has 3 rings (SSSR count). The molecule has 2 heterocycles. The van der Waals surface area contributed by atoms with Gasteiger partial charge in [0.05, 0.1) is 0 Å². The molecule has 0 aromatic carbocycles. The lowest BCUT2D eigenvalue weighted by atomic mass is 9.85. The van der Waals surface area contributed by atoms with Crippen LogP contribution in [0.4, 0.5) is 4.79 Å². The summed E-state index contributed by atoms with van der Waals surface area (Å²) in [5.41, 5.74) is 0.135. The number of ether oxygens (including phenoxy) is 1. The lowest BCUT2D eigenvalue weighted by molar-refractivity contribution is 0.0490. The minimum Gasteiger partial charge on any atom is -0.508 e. The number of aromatic hydroxyl groups is 1. The standard InChI is InChI=1S/C17H24N4O3/c1-17(2,3)24-16(23)18-12-6-4-5-11(9-12)15-20-19-14-10-13(22)7-8-21(14)15/h7-8,10-12,22H,4-6,9H2,1-3H3,(H,18,23)/t11-,12+/m0/s1. The van der Waals surface area contributed by atoms with Crippen LogP contribution in [0.3, 0.4) is 0 Å². The van der Waals surface area contributed by atoms with E-state index in [2.05, 4.69) is 15.5 Å². The predicted octanol–water partition coefficient (Wildman–Crippen LogP) is 2.99. The van der Waals surface area contributed by atoms with Crippen LogP contribution in [0.25, 0.3) is 5.65 Å². The second-order valence-corrected chi connectivity index (χ2v) is 7.38. The van der Waals surface area contributed by atoms with Crippen molar-refractivity contribution in [3.63, 3.8) is 0 Å². The van der Waals surface area contributed by atoms with E-state index in [0.717, 1.165) is 31.5 Å². The van der Waals surface area contributed by atoms with Crippen LogP contribution in [0.15, 0.2) is 18.3 Å². The minimum atomic E-state index is -0.497. The van der Waals surface area contributed by atoms with Gasteiger partial charge in [-0.25, -0.2) is 4.79 Å². The molecule has 130 valence electrons. The number of hydrogen-bond acceptors (Lipinski definition) is 5. The van der Waals surface area contributed by atoms with Crippen LogP contribution in [-0.2, 0) is 4.74 Å². The van der Waals surface area contributed by atoms with Gasteiger partial charge in [0.2, 0.25) is 0 Å². The summed E-state index contributed by atoms with van der Waals surface area (Å²) >= 11 is 0. The van der Waals surface area contributed by atoms with Crippen LogP contribution in [-0.4, -0.2) is 37.4 Å². The summed E-state index contributed by atoms with van der Waals surface area (Å²) in [7, 11) is 0. The molecule has 7 heteroatoms. The van der Waals surface area contributed by atoms with Crippen molar-refractivity contribution in [2.75, 3.05) is 0 Å². The summed E-state index contributed by atoms with van der Waals surface area (Å²) in [6, 6.07) is 3.29. The Balaban J connectivity index is 1.70. The van der Waals surface area contributed by atoms with E-state index in [1.807, 2.05) is 25.2 Å². The zero-order valence-corrected chi connectivity index (χ0v) is 14.3. The number of aromatic nitrogens is 3. The third-order valence-electron chi connectivity index (χ3n) is 4.18. The highest BCUT2D eigenvalue weighted by Gasteiger charge is 2.28. The molecule has 0 spiro atoms. The molecule has 2 aromatic heterocycles. The van der Waals surface area contributed by atoms with Crippen LogP contribution in [0.5, 0.6) is 5.75 Å². The average Bonchev–Trinajstić information content (AvgIpc) is 2.88. The van der Waals surface area contributed by atoms with E-state index < -0.39 is 5.60 Å². The van der Waals surface area contributed by atoms with Gasteiger partial charge < -0.3 is 15.2 Å². The molecule has 2 atom stereocenters. The maximum absolute atomic E-state index is 12.0. The predicted molar refractivity (Wildman–Crippen MR) is 89.0 cm³/mol. The molecule has 2 aromatic rings. The van der Waals surface area contributed by atoms with Gasteiger partial charge in [0, 0.05) is 24.2 Å². The first kappa shape index (κ1) is 16.5. The summed E-state index contributed by atoms with van der Waals surface area (Å²) < 4.78 is 7.24. The Morgan fingerprint density at radius 2 is 2.17 bits per heavy atom. The first-order chi connectivity index (χ1) is 11.3. The maximum atomic E-state index is 12.0. The van der Waals surface area contributed by atoms with Crippen molar-refractivity contribution in [3.8, 4) is 5.75 Å². The quantitative estimate of drug-likeness (QED) is 0.882. The summed E-state index contributed by atoms with van der Waals surface area (Å²) in [5.74, 6) is 1.27. The van der Waals surface area contributed by atoms with Gasteiger partial charge in [-0.05, 0) is 46.1 Å². The smallest absolute Gasteiger partial charge is 0.407 e. The molecule has 7 nitrogen and oxygen atoms in total. The molecule has 0 radical (unpaired) electrons. The molecule has 1 aliphatic carbocycles. The zero-order chi connectivity index (χ0) is 17.3. The monoisotopic (exact) mass is 332 g/mol. The molecule has 1 amide bonds. The van der Waals surface area contributed by atoms with Crippen LogP contribution in [0.1, 0.15) is 58.2 Å². The number of pyridine rings is 1. The van der Waals surface area contributed by atoms with E-state index in [1.54, 1.807) is 18.3 Å². The third-order valence-corrected chi connectivity index (χ3v) is 4.18. The number of carbonyl (C=O) groups is 1. The molecule has 0 aliphatic heterocycles. The van der Waals surface area contributed by atoms with E-state index in [-0.39, 0.29) is 23.8 Å².